The number of carbonyl (C=O) groups excluding carboxylic acids is 2. The van der Waals surface area contributed by atoms with Crippen LogP contribution in [-0.2, 0) is 9.53 Å². The summed E-state index contributed by atoms with van der Waals surface area (Å²) < 4.78 is 18.7. The molecule has 0 spiro atoms. The van der Waals surface area contributed by atoms with E-state index in [2.05, 4.69) is 14.9 Å². The number of fused-ring (bicyclic) bond motifs is 1. The van der Waals surface area contributed by atoms with Crippen LogP contribution in [0.15, 0.2) is 42.7 Å². The zero-order valence-electron chi connectivity index (χ0n) is 19.9. The van der Waals surface area contributed by atoms with Gasteiger partial charge in [-0.2, -0.15) is 0 Å². The Bertz CT molecular complexity index is 1230. The first-order valence-corrected chi connectivity index (χ1v) is 11.8. The standard InChI is InChI=1S/C26H28N4O5/c1-17-14-21(18(2)30(17)20-4-5-23-24(15-20)34-13-12-33-23)22(31)16-35-25(32)19-6-10-29(11-7-19)26-27-8-3-9-28-26/h3-5,8-9,14-15,19H,6-7,10-13,16H2,1-2H3. The van der Waals surface area contributed by atoms with Gasteiger partial charge in [-0.15, -0.1) is 0 Å². The number of nitrogens with zero attached hydrogens (tertiary/aromatic N) is 4. The molecule has 2 aromatic heterocycles. The van der Waals surface area contributed by atoms with Gasteiger partial charge in [0.1, 0.15) is 13.2 Å². The highest BCUT2D eigenvalue weighted by atomic mass is 16.6. The Hall–Kier alpha value is -3.88. The average molecular weight is 477 g/mol. The van der Waals surface area contributed by atoms with Crippen molar-refractivity contribution in [3.05, 3.63) is 59.7 Å². The van der Waals surface area contributed by atoms with Gasteiger partial charge >= 0.3 is 5.97 Å². The van der Waals surface area contributed by atoms with E-state index in [1.165, 1.54) is 0 Å². The number of esters is 1. The van der Waals surface area contributed by atoms with Crippen molar-refractivity contribution in [3.8, 4) is 17.2 Å². The number of ketones is 1. The minimum absolute atomic E-state index is 0.217. The number of hydrogen-bond acceptors (Lipinski definition) is 8. The summed E-state index contributed by atoms with van der Waals surface area (Å²) >= 11 is 0. The SMILES string of the molecule is Cc1cc(C(=O)COC(=O)C2CCN(c3ncccn3)CC2)c(C)n1-c1ccc2c(c1)OCCO2. The predicted octanol–water partition coefficient (Wildman–Crippen LogP) is 3.30. The van der Waals surface area contributed by atoms with Crippen molar-refractivity contribution in [2.24, 2.45) is 5.92 Å². The second-order valence-electron chi connectivity index (χ2n) is 8.79. The fourth-order valence-corrected chi connectivity index (χ4v) is 4.72. The zero-order chi connectivity index (χ0) is 24.4. The molecule has 1 saturated heterocycles. The van der Waals surface area contributed by atoms with Gasteiger partial charge < -0.3 is 23.7 Å². The Kier molecular flexibility index (Phi) is 6.39. The monoisotopic (exact) mass is 476 g/mol. The first-order valence-electron chi connectivity index (χ1n) is 11.8. The molecule has 0 atom stereocenters. The van der Waals surface area contributed by atoms with Crippen molar-refractivity contribution >= 4 is 17.7 Å². The number of carbonyl (C=O) groups is 2. The molecule has 4 heterocycles. The first kappa shape index (κ1) is 22.9. The molecular formula is C26H28N4O5. The van der Waals surface area contributed by atoms with Crippen molar-refractivity contribution < 1.29 is 23.8 Å². The summed E-state index contributed by atoms with van der Waals surface area (Å²) in [4.78, 5) is 36.2. The molecule has 0 saturated carbocycles. The molecule has 3 aromatic rings. The van der Waals surface area contributed by atoms with E-state index in [1.807, 2.05) is 42.7 Å². The molecular weight excluding hydrogens is 448 g/mol. The number of aryl methyl sites for hydroxylation is 1. The zero-order valence-corrected chi connectivity index (χ0v) is 19.9. The van der Waals surface area contributed by atoms with Gasteiger partial charge in [0.25, 0.3) is 0 Å². The number of piperidine rings is 1. The van der Waals surface area contributed by atoms with Gasteiger partial charge in [0.15, 0.2) is 18.1 Å². The van der Waals surface area contributed by atoms with Crippen LogP contribution in [0.4, 0.5) is 5.95 Å². The first-order chi connectivity index (χ1) is 17.0. The summed E-state index contributed by atoms with van der Waals surface area (Å²) in [6.45, 7) is 5.95. The Balaban J connectivity index is 1.20. The number of aromatic nitrogens is 3. The highest BCUT2D eigenvalue weighted by Gasteiger charge is 2.28. The maximum Gasteiger partial charge on any atom is 0.309 e. The van der Waals surface area contributed by atoms with Crippen LogP contribution < -0.4 is 14.4 Å². The smallest absolute Gasteiger partial charge is 0.309 e. The normalized spacial score (nSPS) is 15.7. The van der Waals surface area contributed by atoms with Crippen molar-refractivity contribution in [1.29, 1.82) is 0 Å². The molecule has 0 radical (unpaired) electrons. The number of Topliss-reactive ketones (excluding diaryl/α,β-unsaturated/α-hetero) is 1. The van der Waals surface area contributed by atoms with Crippen LogP contribution in [0.25, 0.3) is 5.69 Å². The Morgan fingerprint density at radius 3 is 2.49 bits per heavy atom. The number of hydrogen-bond donors (Lipinski definition) is 0. The molecule has 0 N–H and O–H groups in total. The largest absolute Gasteiger partial charge is 0.486 e. The van der Waals surface area contributed by atoms with E-state index >= 15 is 0 Å². The topological polar surface area (TPSA) is 95.8 Å². The number of rotatable bonds is 6. The molecule has 0 aliphatic carbocycles. The van der Waals surface area contributed by atoms with Gasteiger partial charge in [-0.1, -0.05) is 0 Å². The van der Waals surface area contributed by atoms with E-state index in [0.29, 0.717) is 62.2 Å². The Morgan fingerprint density at radius 1 is 1.03 bits per heavy atom. The van der Waals surface area contributed by atoms with Crippen molar-refractivity contribution in [3.63, 3.8) is 0 Å². The van der Waals surface area contributed by atoms with Crippen LogP contribution >= 0.6 is 0 Å². The minimum Gasteiger partial charge on any atom is -0.486 e. The quantitative estimate of drug-likeness (QED) is 0.395. The predicted molar refractivity (Wildman–Crippen MR) is 128 cm³/mol. The second kappa shape index (κ2) is 9.77. The lowest BCUT2D eigenvalue weighted by molar-refractivity contribution is -0.148. The van der Waals surface area contributed by atoms with Gasteiger partial charge in [0, 0.05) is 54.2 Å². The molecule has 1 aromatic carbocycles. The third-order valence-electron chi connectivity index (χ3n) is 6.52. The summed E-state index contributed by atoms with van der Waals surface area (Å²) in [7, 11) is 0. The third-order valence-corrected chi connectivity index (χ3v) is 6.52. The van der Waals surface area contributed by atoms with Crippen molar-refractivity contribution in [2.45, 2.75) is 26.7 Å². The van der Waals surface area contributed by atoms with Crippen LogP contribution in [0.2, 0.25) is 0 Å². The van der Waals surface area contributed by atoms with Crippen LogP contribution in [0, 0.1) is 19.8 Å². The van der Waals surface area contributed by atoms with Gasteiger partial charge in [-0.3, -0.25) is 9.59 Å². The molecule has 9 heteroatoms. The minimum atomic E-state index is -0.326. The molecule has 5 rings (SSSR count). The Morgan fingerprint density at radius 2 is 1.74 bits per heavy atom. The lowest BCUT2D eigenvalue weighted by Gasteiger charge is -2.30. The summed E-state index contributed by atoms with van der Waals surface area (Å²) in [5.74, 6) is 1.30. The van der Waals surface area contributed by atoms with Crippen LogP contribution in [-0.4, -0.2) is 59.2 Å². The maximum absolute atomic E-state index is 13.0. The Labute approximate surface area is 203 Å². The van der Waals surface area contributed by atoms with Gasteiger partial charge in [-0.25, -0.2) is 9.97 Å². The number of anilines is 1. The maximum atomic E-state index is 13.0. The molecule has 9 nitrogen and oxygen atoms in total. The molecule has 2 aliphatic heterocycles. The van der Waals surface area contributed by atoms with Crippen molar-refractivity contribution in [1.82, 2.24) is 14.5 Å². The average Bonchev–Trinajstić information content (AvgIpc) is 3.21. The third kappa shape index (κ3) is 4.71. The summed E-state index contributed by atoms with van der Waals surface area (Å²) in [6.07, 6.45) is 4.70. The van der Waals surface area contributed by atoms with E-state index in [1.54, 1.807) is 18.5 Å². The van der Waals surface area contributed by atoms with E-state index in [4.69, 9.17) is 14.2 Å². The molecule has 1 fully saturated rings. The lowest BCUT2D eigenvalue weighted by atomic mass is 9.97. The van der Waals surface area contributed by atoms with E-state index in [0.717, 1.165) is 17.1 Å². The molecule has 0 amide bonds. The van der Waals surface area contributed by atoms with E-state index < -0.39 is 0 Å². The fourth-order valence-electron chi connectivity index (χ4n) is 4.72. The molecule has 182 valence electrons. The highest BCUT2D eigenvalue weighted by molar-refractivity contribution is 5.99. The van der Waals surface area contributed by atoms with Crippen LogP contribution in [0.5, 0.6) is 11.5 Å². The molecule has 0 unspecified atom stereocenters. The summed E-state index contributed by atoms with van der Waals surface area (Å²) in [5, 5.41) is 0. The fraction of sp³-hybridized carbons (Fsp3) is 0.385. The van der Waals surface area contributed by atoms with Gasteiger partial charge in [-0.05, 0) is 51.0 Å². The molecule has 2 aliphatic rings. The number of benzene rings is 1. The van der Waals surface area contributed by atoms with Crippen molar-refractivity contribution in [2.75, 3.05) is 37.8 Å². The van der Waals surface area contributed by atoms with Crippen LogP contribution in [0.1, 0.15) is 34.6 Å². The second-order valence-corrected chi connectivity index (χ2v) is 8.79. The van der Waals surface area contributed by atoms with Gasteiger partial charge in [0.05, 0.1) is 5.92 Å². The summed E-state index contributed by atoms with van der Waals surface area (Å²) in [6, 6.07) is 9.34. The molecule has 0 bridgehead atoms. The highest BCUT2D eigenvalue weighted by Crippen LogP contribution is 2.33. The van der Waals surface area contributed by atoms with Gasteiger partial charge in [0.2, 0.25) is 11.7 Å². The van der Waals surface area contributed by atoms with Crippen LogP contribution in [0.3, 0.4) is 0 Å². The summed E-state index contributed by atoms with van der Waals surface area (Å²) in [5.41, 5.74) is 3.12. The molecule has 35 heavy (non-hydrogen) atoms. The number of ether oxygens (including phenoxy) is 3. The lowest BCUT2D eigenvalue weighted by Crippen LogP contribution is -2.38. The van der Waals surface area contributed by atoms with E-state index in [9.17, 15) is 9.59 Å². The van der Waals surface area contributed by atoms with E-state index in [-0.39, 0.29) is 24.3 Å².